The van der Waals surface area contributed by atoms with Gasteiger partial charge in [0.2, 0.25) is 0 Å². The highest BCUT2D eigenvalue weighted by molar-refractivity contribution is 7.71. The number of thiophene rings is 1. The molecule has 0 unspecified atom stereocenters. The van der Waals surface area contributed by atoms with Crippen molar-refractivity contribution in [3.63, 3.8) is 0 Å². The number of rotatable bonds is 1. The smallest absolute Gasteiger partial charge is 0.266 e. The van der Waals surface area contributed by atoms with Crippen LogP contribution in [-0.2, 0) is 0 Å². The summed E-state index contributed by atoms with van der Waals surface area (Å²) >= 11 is 7.04. The first-order valence-corrected chi connectivity index (χ1v) is 7.74. The van der Waals surface area contributed by atoms with Crippen molar-refractivity contribution in [1.82, 2.24) is 9.55 Å². The third-order valence-electron chi connectivity index (χ3n) is 3.50. The second kappa shape index (κ2) is 4.65. The molecule has 0 saturated heterocycles. The highest BCUT2D eigenvalue weighted by atomic mass is 32.1. The van der Waals surface area contributed by atoms with Crippen molar-refractivity contribution in [1.29, 1.82) is 0 Å². The summed E-state index contributed by atoms with van der Waals surface area (Å²) in [6, 6.07) is 15.4. The van der Waals surface area contributed by atoms with Crippen LogP contribution in [0.3, 0.4) is 0 Å². The second-order valence-corrected chi connectivity index (χ2v) is 6.09. The molecule has 0 atom stereocenters. The Morgan fingerprint density at radius 2 is 1.95 bits per heavy atom. The Labute approximate surface area is 129 Å². The van der Waals surface area contributed by atoms with E-state index in [2.05, 4.69) is 4.98 Å². The molecular weight excluding hydrogens is 300 g/mol. The molecule has 4 rings (SSSR count). The largest absolute Gasteiger partial charge is 0.331 e. The van der Waals surface area contributed by atoms with Gasteiger partial charge in [-0.1, -0.05) is 12.1 Å². The molecule has 0 saturated carbocycles. The van der Waals surface area contributed by atoms with Crippen molar-refractivity contribution in [2.24, 2.45) is 0 Å². The summed E-state index contributed by atoms with van der Waals surface area (Å²) in [4.78, 5) is 15.8. The lowest BCUT2D eigenvalue weighted by Crippen LogP contribution is -2.20. The van der Waals surface area contributed by atoms with Crippen LogP contribution in [0.4, 0.5) is 0 Å². The standard InChI is InChI=1S/C16H10N2OS2/c19-15-12-3-1-2-4-13(12)17-16(20)18(15)11-5-6-14-10(9-11)7-8-21-14/h1-9H,(H,17,20). The Morgan fingerprint density at radius 3 is 2.86 bits per heavy atom. The van der Waals surface area contributed by atoms with Crippen LogP contribution >= 0.6 is 23.6 Å². The van der Waals surface area contributed by atoms with Gasteiger partial charge in [-0.25, -0.2) is 0 Å². The van der Waals surface area contributed by atoms with Gasteiger partial charge in [0.15, 0.2) is 4.77 Å². The maximum atomic E-state index is 12.7. The first-order chi connectivity index (χ1) is 10.2. The molecule has 1 N–H and O–H groups in total. The van der Waals surface area contributed by atoms with Crippen LogP contribution in [0, 0.1) is 4.77 Å². The van der Waals surface area contributed by atoms with Crippen molar-refractivity contribution in [2.45, 2.75) is 0 Å². The fourth-order valence-corrected chi connectivity index (χ4v) is 3.56. The molecule has 21 heavy (non-hydrogen) atoms. The van der Waals surface area contributed by atoms with Crippen LogP contribution in [0.5, 0.6) is 0 Å². The molecule has 0 aliphatic heterocycles. The first-order valence-electron chi connectivity index (χ1n) is 6.46. The molecule has 3 nitrogen and oxygen atoms in total. The van der Waals surface area contributed by atoms with Crippen LogP contribution in [0.15, 0.2) is 58.7 Å². The second-order valence-electron chi connectivity index (χ2n) is 4.76. The molecule has 0 radical (unpaired) electrons. The van der Waals surface area contributed by atoms with Gasteiger partial charge in [-0.3, -0.25) is 9.36 Å². The van der Waals surface area contributed by atoms with Gasteiger partial charge in [0.25, 0.3) is 5.56 Å². The summed E-state index contributed by atoms with van der Waals surface area (Å²) in [5, 5.41) is 3.79. The minimum atomic E-state index is -0.0936. The zero-order valence-corrected chi connectivity index (χ0v) is 12.5. The number of nitrogens with zero attached hydrogens (tertiary/aromatic N) is 1. The van der Waals surface area contributed by atoms with Gasteiger partial charge in [-0.15, -0.1) is 11.3 Å². The molecule has 0 aliphatic carbocycles. The molecule has 102 valence electrons. The fraction of sp³-hybridized carbons (Fsp3) is 0. The number of fused-ring (bicyclic) bond motifs is 2. The molecule has 4 aromatic rings. The molecule has 0 spiro atoms. The predicted molar refractivity (Wildman–Crippen MR) is 90.1 cm³/mol. The summed E-state index contributed by atoms with van der Waals surface area (Å²) in [7, 11) is 0. The van der Waals surface area contributed by atoms with E-state index in [-0.39, 0.29) is 5.56 Å². The minimum absolute atomic E-state index is 0.0936. The zero-order valence-electron chi connectivity index (χ0n) is 10.9. The van der Waals surface area contributed by atoms with E-state index in [0.29, 0.717) is 10.2 Å². The Morgan fingerprint density at radius 1 is 1.10 bits per heavy atom. The summed E-state index contributed by atoms with van der Waals surface area (Å²) in [6.45, 7) is 0. The maximum absolute atomic E-state index is 12.7. The molecular formula is C16H10N2OS2. The van der Waals surface area contributed by atoms with Crippen LogP contribution < -0.4 is 5.56 Å². The molecule has 0 amide bonds. The van der Waals surface area contributed by atoms with Gasteiger partial charge in [0.1, 0.15) is 0 Å². The van der Waals surface area contributed by atoms with Crippen molar-refractivity contribution >= 4 is 44.5 Å². The van der Waals surface area contributed by atoms with E-state index >= 15 is 0 Å². The van der Waals surface area contributed by atoms with Crippen molar-refractivity contribution in [2.75, 3.05) is 0 Å². The number of nitrogens with one attached hydrogen (secondary N) is 1. The molecule has 0 bridgehead atoms. The van der Waals surface area contributed by atoms with E-state index in [4.69, 9.17) is 12.2 Å². The lowest BCUT2D eigenvalue weighted by atomic mass is 10.2. The van der Waals surface area contributed by atoms with Gasteiger partial charge in [0, 0.05) is 4.70 Å². The number of benzene rings is 2. The van der Waals surface area contributed by atoms with Gasteiger partial charge in [-0.2, -0.15) is 0 Å². The Bertz CT molecular complexity index is 1090. The van der Waals surface area contributed by atoms with Gasteiger partial charge >= 0.3 is 0 Å². The third-order valence-corrected chi connectivity index (χ3v) is 4.68. The summed E-state index contributed by atoms with van der Waals surface area (Å²) < 4.78 is 3.16. The topological polar surface area (TPSA) is 37.8 Å². The van der Waals surface area contributed by atoms with Gasteiger partial charge < -0.3 is 4.98 Å². The average Bonchev–Trinajstić information content (AvgIpc) is 2.95. The molecule has 2 aromatic heterocycles. The Hall–Kier alpha value is -2.24. The van der Waals surface area contributed by atoms with Crippen LogP contribution in [-0.4, -0.2) is 9.55 Å². The zero-order chi connectivity index (χ0) is 14.4. The number of hydrogen-bond acceptors (Lipinski definition) is 3. The first kappa shape index (κ1) is 12.5. The average molecular weight is 310 g/mol. The maximum Gasteiger partial charge on any atom is 0.266 e. The number of para-hydroxylation sites is 1. The lowest BCUT2D eigenvalue weighted by Gasteiger charge is -2.08. The molecule has 0 fully saturated rings. The highest BCUT2D eigenvalue weighted by Crippen LogP contribution is 2.23. The Balaban J connectivity index is 2.10. The molecule has 2 heterocycles. The Kier molecular flexibility index (Phi) is 2.77. The normalized spacial score (nSPS) is 11.2. The van der Waals surface area contributed by atoms with E-state index in [1.807, 2.05) is 53.9 Å². The van der Waals surface area contributed by atoms with Crippen LogP contribution in [0.1, 0.15) is 0 Å². The van der Waals surface area contributed by atoms with Crippen LogP contribution in [0.2, 0.25) is 0 Å². The monoisotopic (exact) mass is 310 g/mol. The van der Waals surface area contributed by atoms with Crippen molar-refractivity contribution in [3.05, 3.63) is 69.0 Å². The number of H-pyrrole nitrogens is 1. The molecule has 0 aliphatic rings. The van der Waals surface area contributed by atoms with Crippen molar-refractivity contribution in [3.8, 4) is 5.69 Å². The van der Waals surface area contributed by atoms with E-state index in [1.54, 1.807) is 15.9 Å². The predicted octanol–water partition coefficient (Wildman–Crippen LogP) is 4.26. The van der Waals surface area contributed by atoms with Crippen molar-refractivity contribution < 1.29 is 0 Å². The van der Waals surface area contributed by atoms with Gasteiger partial charge in [0.05, 0.1) is 16.6 Å². The summed E-state index contributed by atoms with van der Waals surface area (Å²) in [6.07, 6.45) is 0. The number of aromatic nitrogens is 2. The summed E-state index contributed by atoms with van der Waals surface area (Å²) in [5.41, 5.74) is 1.46. The van der Waals surface area contributed by atoms with E-state index in [0.717, 1.165) is 16.6 Å². The number of aromatic amines is 1. The molecule has 5 heteroatoms. The van der Waals surface area contributed by atoms with Gasteiger partial charge in [-0.05, 0) is 59.4 Å². The van der Waals surface area contributed by atoms with E-state index in [1.165, 1.54) is 4.70 Å². The highest BCUT2D eigenvalue weighted by Gasteiger charge is 2.08. The van der Waals surface area contributed by atoms with Crippen LogP contribution in [0.25, 0.3) is 26.7 Å². The quantitative estimate of drug-likeness (QED) is 0.533. The summed E-state index contributed by atoms with van der Waals surface area (Å²) in [5.74, 6) is 0. The minimum Gasteiger partial charge on any atom is -0.331 e. The molecule has 2 aromatic carbocycles. The van der Waals surface area contributed by atoms with E-state index in [9.17, 15) is 4.79 Å². The third kappa shape index (κ3) is 1.93. The lowest BCUT2D eigenvalue weighted by molar-refractivity contribution is 0.942. The number of hydrogen-bond donors (Lipinski definition) is 1. The van der Waals surface area contributed by atoms with E-state index < -0.39 is 0 Å². The SMILES string of the molecule is O=c1c2ccccc2[nH]c(=S)n1-c1ccc2sccc2c1. The fourth-order valence-electron chi connectivity index (χ4n) is 2.49.